The smallest absolute Gasteiger partial charge is 0.160 e. The predicted molar refractivity (Wildman–Crippen MR) is 71.8 cm³/mol. The maximum absolute atomic E-state index is 12.0. The quantitative estimate of drug-likeness (QED) is 0.811. The van der Waals surface area contributed by atoms with Crippen LogP contribution in [0.2, 0.25) is 0 Å². The fourth-order valence-corrected chi connectivity index (χ4v) is 3.69. The van der Waals surface area contributed by atoms with Crippen LogP contribution in [-0.4, -0.2) is 52.2 Å². The van der Waals surface area contributed by atoms with Gasteiger partial charge in [0.15, 0.2) is 15.5 Å². The highest BCUT2D eigenvalue weighted by molar-refractivity contribution is 7.92. The van der Waals surface area contributed by atoms with Gasteiger partial charge in [0.25, 0.3) is 0 Å². The maximum Gasteiger partial charge on any atom is 0.160 e. The summed E-state index contributed by atoms with van der Waals surface area (Å²) in [7, 11) is -3.05. The Balaban J connectivity index is 2.03. The Kier molecular flexibility index (Phi) is 2.53. The highest BCUT2D eigenvalue weighted by atomic mass is 32.2. The molecule has 0 unspecified atom stereocenters. The number of hydrogen-bond donors (Lipinski definition) is 1. The van der Waals surface area contributed by atoms with Crippen molar-refractivity contribution in [3.05, 3.63) is 12.5 Å². The zero-order chi connectivity index (χ0) is 13.7. The number of fused-ring (bicyclic) bond motifs is 1. The van der Waals surface area contributed by atoms with Gasteiger partial charge in [0, 0.05) is 13.1 Å². The molecule has 0 aromatic carbocycles. The van der Waals surface area contributed by atoms with Gasteiger partial charge in [-0.15, -0.1) is 0 Å². The van der Waals surface area contributed by atoms with Gasteiger partial charge in [-0.1, -0.05) is 0 Å². The molecule has 19 heavy (non-hydrogen) atoms. The number of nitrogens with zero attached hydrogens (tertiary/aromatic N) is 4. The molecular weight excluding hydrogens is 266 g/mol. The van der Waals surface area contributed by atoms with E-state index in [4.69, 9.17) is 0 Å². The molecule has 0 atom stereocenters. The topological polar surface area (TPSA) is 91.8 Å². The summed E-state index contributed by atoms with van der Waals surface area (Å²) in [6.45, 7) is 4.38. The largest absolute Gasteiger partial charge is 0.353 e. The Labute approximate surface area is 111 Å². The van der Waals surface area contributed by atoms with Gasteiger partial charge in [-0.05, 0) is 13.8 Å². The van der Waals surface area contributed by atoms with Crippen LogP contribution in [0.1, 0.15) is 13.8 Å². The van der Waals surface area contributed by atoms with Crippen molar-refractivity contribution >= 4 is 26.7 Å². The van der Waals surface area contributed by atoms with Gasteiger partial charge < -0.3 is 4.90 Å². The van der Waals surface area contributed by atoms with Crippen LogP contribution in [0.25, 0.3) is 11.0 Å². The predicted octanol–water partition coefficient (Wildman–Crippen LogP) is 0.366. The Morgan fingerprint density at radius 3 is 2.89 bits per heavy atom. The molecule has 0 bridgehead atoms. The third kappa shape index (κ3) is 1.86. The van der Waals surface area contributed by atoms with E-state index in [1.54, 1.807) is 20.0 Å². The van der Waals surface area contributed by atoms with E-state index in [2.05, 4.69) is 20.2 Å². The molecule has 2 aromatic heterocycles. The zero-order valence-electron chi connectivity index (χ0n) is 10.8. The number of H-pyrrole nitrogens is 1. The molecule has 102 valence electrons. The Morgan fingerprint density at radius 1 is 1.37 bits per heavy atom. The van der Waals surface area contributed by atoms with Crippen LogP contribution in [0.15, 0.2) is 12.5 Å². The van der Waals surface area contributed by atoms with Crippen molar-refractivity contribution in [1.29, 1.82) is 0 Å². The summed E-state index contributed by atoms with van der Waals surface area (Å²) in [6.07, 6.45) is 3.13. The van der Waals surface area contributed by atoms with Crippen LogP contribution in [0, 0.1) is 0 Å². The van der Waals surface area contributed by atoms with E-state index >= 15 is 0 Å². The van der Waals surface area contributed by atoms with E-state index in [0.717, 1.165) is 11.2 Å². The Morgan fingerprint density at radius 2 is 2.16 bits per heavy atom. The summed E-state index contributed by atoms with van der Waals surface area (Å²) in [5.74, 6) is 0.880. The van der Waals surface area contributed by atoms with Crippen molar-refractivity contribution in [3.8, 4) is 0 Å². The minimum atomic E-state index is -3.05. The van der Waals surface area contributed by atoms with Crippen molar-refractivity contribution in [3.63, 3.8) is 0 Å². The molecule has 1 saturated heterocycles. The lowest BCUT2D eigenvalue weighted by atomic mass is 10.2. The Bertz CT molecular complexity index is 722. The Hall–Kier alpha value is -1.70. The average molecular weight is 281 g/mol. The minimum Gasteiger partial charge on any atom is -0.353 e. The molecule has 1 aliphatic rings. The SMILES string of the molecule is CC1(C)CN(c2ncnc3[nH]ncc23)CCS1(=O)=O. The lowest BCUT2D eigenvalue weighted by Crippen LogP contribution is -2.53. The molecule has 1 N–H and O–H groups in total. The van der Waals surface area contributed by atoms with Gasteiger partial charge in [0.05, 0.1) is 22.1 Å². The van der Waals surface area contributed by atoms with Crippen molar-refractivity contribution in [1.82, 2.24) is 20.2 Å². The molecule has 0 spiro atoms. The van der Waals surface area contributed by atoms with E-state index in [9.17, 15) is 8.42 Å². The third-order valence-corrected chi connectivity index (χ3v) is 6.10. The first kappa shape index (κ1) is 12.3. The van der Waals surface area contributed by atoms with Gasteiger partial charge in [-0.2, -0.15) is 5.10 Å². The molecule has 0 amide bonds. The second-order valence-corrected chi connectivity index (χ2v) is 8.07. The molecule has 1 aliphatic heterocycles. The van der Waals surface area contributed by atoms with Crippen molar-refractivity contribution in [2.24, 2.45) is 0 Å². The first-order valence-electron chi connectivity index (χ1n) is 6.02. The summed E-state index contributed by atoms with van der Waals surface area (Å²) in [4.78, 5) is 10.4. The first-order chi connectivity index (χ1) is 8.91. The number of aromatic amines is 1. The number of anilines is 1. The monoisotopic (exact) mass is 281 g/mol. The van der Waals surface area contributed by atoms with E-state index in [0.29, 0.717) is 18.7 Å². The summed E-state index contributed by atoms with van der Waals surface area (Å²) in [6, 6.07) is 0. The molecule has 3 rings (SSSR count). The average Bonchev–Trinajstić information content (AvgIpc) is 2.80. The van der Waals surface area contributed by atoms with E-state index in [-0.39, 0.29) is 5.75 Å². The normalized spacial score (nSPS) is 21.7. The van der Waals surface area contributed by atoms with Crippen LogP contribution in [0.4, 0.5) is 5.82 Å². The zero-order valence-corrected chi connectivity index (χ0v) is 11.6. The van der Waals surface area contributed by atoms with Crippen LogP contribution < -0.4 is 4.90 Å². The van der Waals surface area contributed by atoms with Gasteiger partial charge >= 0.3 is 0 Å². The maximum atomic E-state index is 12.0. The van der Waals surface area contributed by atoms with Gasteiger partial charge in [0.1, 0.15) is 12.1 Å². The first-order valence-corrected chi connectivity index (χ1v) is 7.67. The van der Waals surface area contributed by atoms with Crippen LogP contribution >= 0.6 is 0 Å². The van der Waals surface area contributed by atoms with Crippen molar-refractivity contribution in [2.45, 2.75) is 18.6 Å². The van der Waals surface area contributed by atoms with Crippen LogP contribution in [0.5, 0.6) is 0 Å². The highest BCUT2D eigenvalue weighted by Gasteiger charge is 2.40. The van der Waals surface area contributed by atoms with Crippen molar-refractivity contribution < 1.29 is 8.42 Å². The fourth-order valence-electron chi connectivity index (χ4n) is 2.33. The van der Waals surface area contributed by atoms with E-state index in [1.165, 1.54) is 6.33 Å². The highest BCUT2D eigenvalue weighted by Crippen LogP contribution is 2.29. The number of hydrogen-bond acceptors (Lipinski definition) is 6. The lowest BCUT2D eigenvalue weighted by molar-refractivity contribution is 0.522. The molecule has 1 fully saturated rings. The summed E-state index contributed by atoms with van der Waals surface area (Å²) < 4.78 is 23.3. The molecular formula is C11H15N5O2S. The molecule has 0 aliphatic carbocycles. The number of nitrogens with one attached hydrogen (secondary N) is 1. The second-order valence-electron chi connectivity index (χ2n) is 5.33. The molecule has 2 aromatic rings. The second kappa shape index (κ2) is 3.89. The number of sulfone groups is 1. The van der Waals surface area contributed by atoms with Gasteiger partial charge in [0.2, 0.25) is 0 Å². The number of rotatable bonds is 1. The summed E-state index contributed by atoms with van der Waals surface area (Å²) >= 11 is 0. The molecule has 7 nitrogen and oxygen atoms in total. The number of aromatic nitrogens is 4. The summed E-state index contributed by atoms with van der Waals surface area (Å²) in [5.41, 5.74) is 0.663. The molecule has 0 saturated carbocycles. The van der Waals surface area contributed by atoms with Crippen molar-refractivity contribution in [2.75, 3.05) is 23.7 Å². The standard InChI is InChI=1S/C11H15N5O2S/c1-11(2)6-16(3-4-19(11,17)18)10-8-5-14-15-9(8)12-7-13-10/h5,7H,3-4,6H2,1-2H3,(H,12,13,14,15). The fraction of sp³-hybridized carbons (Fsp3) is 0.545. The summed E-state index contributed by atoms with van der Waals surface area (Å²) in [5, 5.41) is 7.56. The van der Waals surface area contributed by atoms with Crippen LogP contribution in [-0.2, 0) is 9.84 Å². The third-order valence-electron chi connectivity index (χ3n) is 3.57. The van der Waals surface area contributed by atoms with Crippen LogP contribution in [0.3, 0.4) is 0 Å². The minimum absolute atomic E-state index is 0.142. The van der Waals surface area contributed by atoms with E-state index in [1.807, 2.05) is 4.90 Å². The van der Waals surface area contributed by atoms with E-state index < -0.39 is 14.6 Å². The molecule has 3 heterocycles. The van der Waals surface area contributed by atoms with Gasteiger partial charge in [-0.3, -0.25) is 5.10 Å². The lowest BCUT2D eigenvalue weighted by Gasteiger charge is -2.38. The molecule has 0 radical (unpaired) electrons. The molecule has 8 heteroatoms. The van der Waals surface area contributed by atoms with Gasteiger partial charge in [-0.25, -0.2) is 18.4 Å².